The van der Waals surface area contributed by atoms with Crippen LogP contribution in [0.5, 0.6) is 0 Å². The monoisotopic (exact) mass is 297 g/mol. The first-order chi connectivity index (χ1) is 9.47. The Hall–Kier alpha value is -2.02. The van der Waals surface area contributed by atoms with Gasteiger partial charge in [-0.15, -0.1) is 0 Å². The summed E-state index contributed by atoms with van der Waals surface area (Å²) in [5.41, 5.74) is 2.64. The van der Waals surface area contributed by atoms with Crippen molar-refractivity contribution >= 4 is 23.0 Å². The fraction of sp³-hybridized carbons (Fsp3) is 0.154. The van der Waals surface area contributed by atoms with Gasteiger partial charge in [-0.1, -0.05) is 12.1 Å². The Labute approximate surface area is 118 Å². The normalized spacial score (nSPS) is 21.1. The number of allylic oxidation sites excluding steroid dienone is 2. The van der Waals surface area contributed by atoms with Crippen molar-refractivity contribution in [1.29, 1.82) is 0 Å². The molecule has 1 atom stereocenters. The second-order valence-electron chi connectivity index (χ2n) is 4.38. The number of nitrogens with one attached hydrogen (secondary N) is 1. The third kappa shape index (κ3) is 2.14. The Morgan fingerprint density at radius 3 is 2.75 bits per heavy atom. The number of halogens is 3. The smallest absolute Gasteiger partial charge is 0.298 e. The molecule has 1 saturated heterocycles. The van der Waals surface area contributed by atoms with Gasteiger partial charge in [0.2, 0.25) is 0 Å². The molecular formula is C13H10F3N3S. The zero-order valence-electron chi connectivity index (χ0n) is 10.1. The lowest BCUT2D eigenvalue weighted by atomic mass is 10.2. The molecule has 1 aromatic carbocycles. The van der Waals surface area contributed by atoms with E-state index in [1.54, 1.807) is 22.2 Å². The van der Waals surface area contributed by atoms with E-state index in [9.17, 15) is 13.2 Å². The summed E-state index contributed by atoms with van der Waals surface area (Å²) >= 11 is 5.17. The van der Waals surface area contributed by atoms with Gasteiger partial charge < -0.3 is 0 Å². The van der Waals surface area contributed by atoms with Gasteiger partial charge in [-0.25, -0.2) is 0 Å². The van der Waals surface area contributed by atoms with E-state index in [0.717, 1.165) is 12.1 Å². The van der Waals surface area contributed by atoms with Crippen molar-refractivity contribution in [2.45, 2.75) is 12.3 Å². The van der Waals surface area contributed by atoms with Crippen molar-refractivity contribution < 1.29 is 13.2 Å². The number of benzene rings is 1. The van der Waals surface area contributed by atoms with E-state index in [0.29, 0.717) is 10.8 Å². The molecule has 1 fully saturated rings. The number of thiocarbonyl (C=S) groups is 1. The van der Waals surface area contributed by atoms with Gasteiger partial charge in [-0.05, 0) is 42.6 Å². The van der Waals surface area contributed by atoms with Crippen molar-refractivity contribution in [3.8, 4) is 0 Å². The van der Waals surface area contributed by atoms with E-state index in [1.165, 1.54) is 6.07 Å². The third-order valence-corrected chi connectivity index (χ3v) is 3.39. The first-order valence-electron chi connectivity index (χ1n) is 5.87. The minimum absolute atomic E-state index is 0.254. The molecule has 2 heterocycles. The molecule has 7 heteroatoms. The number of anilines is 1. The number of hydrogen-bond acceptors (Lipinski definition) is 2. The minimum atomic E-state index is -4.36. The first-order valence-corrected chi connectivity index (χ1v) is 6.28. The highest BCUT2D eigenvalue weighted by Crippen LogP contribution is 2.33. The minimum Gasteiger partial charge on any atom is -0.298 e. The van der Waals surface area contributed by atoms with Gasteiger partial charge in [-0.2, -0.15) is 13.2 Å². The summed E-state index contributed by atoms with van der Waals surface area (Å²) in [6.07, 6.45) is 2.67. The van der Waals surface area contributed by atoms with E-state index >= 15 is 0 Å². The van der Waals surface area contributed by atoms with Crippen LogP contribution >= 0.6 is 12.2 Å². The van der Waals surface area contributed by atoms with Crippen LogP contribution in [0.25, 0.3) is 0 Å². The van der Waals surface area contributed by atoms with E-state index in [2.05, 4.69) is 5.43 Å². The van der Waals surface area contributed by atoms with Crippen LogP contribution in [0.2, 0.25) is 0 Å². The quantitative estimate of drug-likeness (QED) is 0.803. The van der Waals surface area contributed by atoms with E-state index in [-0.39, 0.29) is 6.17 Å². The van der Waals surface area contributed by atoms with Crippen molar-refractivity contribution in [1.82, 2.24) is 10.3 Å². The summed E-state index contributed by atoms with van der Waals surface area (Å²) in [5, 5.41) is 2.06. The number of rotatable bonds is 1. The highest BCUT2D eigenvalue weighted by Gasteiger charge is 2.35. The predicted octanol–water partition coefficient (Wildman–Crippen LogP) is 3.03. The molecule has 1 aromatic rings. The summed E-state index contributed by atoms with van der Waals surface area (Å²) in [5.74, 6) is 0. The summed E-state index contributed by atoms with van der Waals surface area (Å²) < 4.78 is 38.3. The lowest BCUT2D eigenvalue weighted by molar-refractivity contribution is -0.137. The van der Waals surface area contributed by atoms with Crippen LogP contribution < -0.4 is 10.4 Å². The molecule has 3 rings (SSSR count). The lowest BCUT2D eigenvalue weighted by Crippen LogP contribution is -2.39. The van der Waals surface area contributed by atoms with Crippen molar-refractivity contribution in [2.75, 3.05) is 5.01 Å². The Kier molecular flexibility index (Phi) is 2.93. The number of hydrogen-bond donors (Lipinski definition) is 1. The van der Waals surface area contributed by atoms with Gasteiger partial charge in [-0.3, -0.25) is 15.3 Å². The van der Waals surface area contributed by atoms with Gasteiger partial charge in [0.25, 0.3) is 0 Å². The predicted molar refractivity (Wildman–Crippen MR) is 73.6 cm³/mol. The molecule has 2 aliphatic heterocycles. The van der Waals surface area contributed by atoms with Crippen molar-refractivity contribution in [2.24, 2.45) is 0 Å². The van der Waals surface area contributed by atoms with E-state index in [4.69, 9.17) is 12.2 Å². The zero-order valence-corrected chi connectivity index (χ0v) is 10.9. The van der Waals surface area contributed by atoms with Crippen molar-refractivity contribution in [3.63, 3.8) is 0 Å². The van der Waals surface area contributed by atoms with E-state index < -0.39 is 11.7 Å². The summed E-state index contributed by atoms with van der Waals surface area (Å²) in [7, 11) is 0. The maximum absolute atomic E-state index is 12.8. The van der Waals surface area contributed by atoms with Crippen LogP contribution in [0.15, 0.2) is 48.7 Å². The van der Waals surface area contributed by atoms with Crippen LogP contribution in [0.3, 0.4) is 0 Å². The Balaban J connectivity index is 1.96. The molecule has 0 bridgehead atoms. The fourth-order valence-electron chi connectivity index (χ4n) is 2.16. The topological polar surface area (TPSA) is 18.5 Å². The molecule has 104 valence electrons. The van der Waals surface area contributed by atoms with Crippen molar-refractivity contribution in [3.05, 3.63) is 54.3 Å². The molecule has 1 N–H and O–H groups in total. The molecule has 0 aliphatic carbocycles. The largest absolute Gasteiger partial charge is 0.416 e. The Morgan fingerprint density at radius 2 is 2.00 bits per heavy atom. The molecule has 0 spiro atoms. The average Bonchev–Trinajstić information content (AvgIpc) is 2.76. The molecule has 0 radical (unpaired) electrons. The summed E-state index contributed by atoms with van der Waals surface area (Å²) in [4.78, 5) is 1.77. The Morgan fingerprint density at radius 1 is 1.20 bits per heavy atom. The van der Waals surface area contributed by atoms with Crippen LogP contribution in [0.1, 0.15) is 5.56 Å². The van der Waals surface area contributed by atoms with Gasteiger partial charge >= 0.3 is 6.18 Å². The highest BCUT2D eigenvalue weighted by atomic mass is 32.1. The molecule has 3 nitrogen and oxygen atoms in total. The second-order valence-corrected chi connectivity index (χ2v) is 4.77. The van der Waals surface area contributed by atoms with Gasteiger partial charge in [0, 0.05) is 6.20 Å². The average molecular weight is 297 g/mol. The second kappa shape index (κ2) is 4.52. The molecule has 0 unspecified atom stereocenters. The number of fused-ring (bicyclic) bond motifs is 1. The van der Waals surface area contributed by atoms with E-state index in [1.807, 2.05) is 18.2 Å². The Bertz CT molecular complexity index is 609. The molecule has 0 amide bonds. The van der Waals surface area contributed by atoms with Crippen LogP contribution in [-0.4, -0.2) is 16.2 Å². The number of hydrazine groups is 1. The standard InChI is InChI=1S/C13H10F3N3S/c14-13(15,16)9-4-3-5-10(8-9)19-11-6-1-2-7-18(11)12(20)17-19/h1-8,11H,(H,17,20)/t11-/m1/s1. The highest BCUT2D eigenvalue weighted by molar-refractivity contribution is 7.80. The molecular weight excluding hydrogens is 287 g/mol. The molecule has 0 saturated carbocycles. The van der Waals surface area contributed by atoms with Gasteiger partial charge in [0.05, 0.1) is 11.3 Å². The molecule has 0 aromatic heterocycles. The third-order valence-electron chi connectivity index (χ3n) is 3.09. The maximum Gasteiger partial charge on any atom is 0.416 e. The SMILES string of the molecule is FC(F)(F)c1cccc(N2NC(=S)N3C=CC=C[C@H]32)c1. The first kappa shape index (κ1) is 13.0. The molecule has 20 heavy (non-hydrogen) atoms. The van der Waals surface area contributed by atoms with Crippen LogP contribution in [-0.2, 0) is 6.18 Å². The number of nitrogens with zero attached hydrogens (tertiary/aromatic N) is 2. The molecule has 2 aliphatic rings. The van der Waals surface area contributed by atoms with Gasteiger partial charge in [0.15, 0.2) is 5.11 Å². The summed E-state index contributed by atoms with van der Waals surface area (Å²) in [6, 6.07) is 5.14. The van der Waals surface area contributed by atoms with Crippen LogP contribution in [0.4, 0.5) is 18.9 Å². The fourth-order valence-corrected chi connectivity index (χ4v) is 2.43. The summed E-state index contributed by atoms with van der Waals surface area (Å²) in [6.45, 7) is 0. The number of alkyl halides is 3. The lowest BCUT2D eigenvalue weighted by Gasteiger charge is -2.27. The zero-order chi connectivity index (χ0) is 14.3. The van der Waals surface area contributed by atoms with Gasteiger partial charge in [0.1, 0.15) is 6.17 Å². The van der Waals surface area contributed by atoms with Crippen LogP contribution in [0, 0.1) is 0 Å². The maximum atomic E-state index is 12.8.